The summed E-state index contributed by atoms with van der Waals surface area (Å²) in [6.45, 7) is 9.69. The minimum atomic E-state index is 0.273. The SMILES string of the molecule is CCC(CC)C(Cc1ncnn1CC(C)C)NN. The van der Waals surface area contributed by atoms with Crippen molar-refractivity contribution in [3.8, 4) is 0 Å². The number of nitrogens with two attached hydrogens (primary N) is 1. The molecule has 1 atom stereocenters. The van der Waals surface area contributed by atoms with E-state index in [9.17, 15) is 0 Å². The van der Waals surface area contributed by atoms with Crippen molar-refractivity contribution in [3.63, 3.8) is 0 Å². The topological polar surface area (TPSA) is 68.8 Å². The van der Waals surface area contributed by atoms with Gasteiger partial charge in [-0.15, -0.1) is 0 Å². The second-order valence-electron chi connectivity index (χ2n) is 5.31. The third-order valence-electron chi connectivity index (χ3n) is 3.47. The maximum atomic E-state index is 5.69. The molecule has 1 rings (SSSR count). The number of aromatic nitrogens is 3. The number of rotatable bonds is 8. The van der Waals surface area contributed by atoms with Crippen LogP contribution in [0.15, 0.2) is 6.33 Å². The molecule has 104 valence electrons. The van der Waals surface area contributed by atoms with E-state index in [0.717, 1.165) is 31.6 Å². The van der Waals surface area contributed by atoms with Crippen LogP contribution >= 0.6 is 0 Å². The van der Waals surface area contributed by atoms with E-state index in [1.54, 1.807) is 6.33 Å². The van der Waals surface area contributed by atoms with Crippen molar-refractivity contribution in [2.45, 2.75) is 59.5 Å². The van der Waals surface area contributed by atoms with Crippen LogP contribution in [0.25, 0.3) is 0 Å². The van der Waals surface area contributed by atoms with Gasteiger partial charge in [0.15, 0.2) is 0 Å². The number of nitrogens with one attached hydrogen (secondary N) is 1. The molecule has 5 heteroatoms. The highest BCUT2D eigenvalue weighted by Gasteiger charge is 2.20. The molecule has 5 nitrogen and oxygen atoms in total. The summed E-state index contributed by atoms with van der Waals surface area (Å²) in [5.41, 5.74) is 2.94. The number of hydrogen-bond donors (Lipinski definition) is 2. The molecule has 1 unspecified atom stereocenters. The molecule has 3 N–H and O–H groups in total. The number of nitrogens with zero attached hydrogens (tertiary/aromatic N) is 3. The molecule has 1 aromatic heterocycles. The van der Waals surface area contributed by atoms with E-state index in [-0.39, 0.29) is 6.04 Å². The molecule has 0 radical (unpaired) electrons. The second kappa shape index (κ2) is 7.48. The smallest absolute Gasteiger partial charge is 0.138 e. The van der Waals surface area contributed by atoms with E-state index < -0.39 is 0 Å². The predicted molar refractivity (Wildman–Crippen MR) is 73.7 cm³/mol. The summed E-state index contributed by atoms with van der Waals surface area (Å²) in [4.78, 5) is 4.36. The number of hydrazine groups is 1. The Morgan fingerprint density at radius 3 is 2.50 bits per heavy atom. The molecule has 0 aliphatic carbocycles. The molecular formula is C13H27N5. The van der Waals surface area contributed by atoms with Crippen LogP contribution in [-0.4, -0.2) is 20.8 Å². The van der Waals surface area contributed by atoms with Crippen LogP contribution in [0.1, 0.15) is 46.4 Å². The molecule has 0 bridgehead atoms. The average Bonchev–Trinajstić information content (AvgIpc) is 2.75. The van der Waals surface area contributed by atoms with E-state index in [0.29, 0.717) is 11.8 Å². The first-order chi connectivity index (χ1) is 8.62. The van der Waals surface area contributed by atoms with Crippen molar-refractivity contribution in [3.05, 3.63) is 12.2 Å². The highest BCUT2D eigenvalue weighted by Crippen LogP contribution is 2.16. The lowest BCUT2D eigenvalue weighted by atomic mass is 9.92. The van der Waals surface area contributed by atoms with Gasteiger partial charge >= 0.3 is 0 Å². The van der Waals surface area contributed by atoms with Gasteiger partial charge in [-0.2, -0.15) is 5.10 Å². The van der Waals surface area contributed by atoms with Crippen LogP contribution in [0.3, 0.4) is 0 Å². The molecular weight excluding hydrogens is 226 g/mol. The van der Waals surface area contributed by atoms with Crippen LogP contribution in [-0.2, 0) is 13.0 Å². The monoisotopic (exact) mass is 253 g/mol. The first-order valence-electron chi connectivity index (χ1n) is 6.95. The summed E-state index contributed by atoms with van der Waals surface area (Å²) >= 11 is 0. The molecule has 0 aliphatic rings. The molecule has 0 saturated heterocycles. The summed E-state index contributed by atoms with van der Waals surface area (Å²) in [5.74, 6) is 7.87. The maximum absolute atomic E-state index is 5.69. The van der Waals surface area contributed by atoms with Crippen molar-refractivity contribution in [1.82, 2.24) is 20.2 Å². The van der Waals surface area contributed by atoms with Crippen LogP contribution in [0.2, 0.25) is 0 Å². The van der Waals surface area contributed by atoms with Crippen LogP contribution in [0, 0.1) is 11.8 Å². The lowest BCUT2D eigenvalue weighted by molar-refractivity contribution is 0.324. The summed E-state index contributed by atoms with van der Waals surface area (Å²) in [5, 5.41) is 4.29. The summed E-state index contributed by atoms with van der Waals surface area (Å²) in [7, 11) is 0. The minimum Gasteiger partial charge on any atom is -0.271 e. The van der Waals surface area contributed by atoms with Gasteiger partial charge in [0.05, 0.1) is 0 Å². The summed E-state index contributed by atoms with van der Waals surface area (Å²) in [6.07, 6.45) is 4.74. The van der Waals surface area contributed by atoms with Crippen LogP contribution in [0.4, 0.5) is 0 Å². The van der Waals surface area contributed by atoms with Crippen LogP contribution < -0.4 is 11.3 Å². The van der Waals surface area contributed by atoms with E-state index in [1.165, 1.54) is 0 Å². The summed E-state index contributed by atoms with van der Waals surface area (Å²) in [6, 6.07) is 0.273. The van der Waals surface area contributed by atoms with Gasteiger partial charge in [-0.1, -0.05) is 40.5 Å². The van der Waals surface area contributed by atoms with Gasteiger partial charge in [0.25, 0.3) is 0 Å². The first kappa shape index (κ1) is 15.1. The quantitative estimate of drug-likeness (QED) is 0.547. The Kier molecular flexibility index (Phi) is 6.29. The molecule has 0 aliphatic heterocycles. The normalized spacial score (nSPS) is 13.5. The zero-order valence-electron chi connectivity index (χ0n) is 12.1. The number of hydrogen-bond acceptors (Lipinski definition) is 4. The van der Waals surface area contributed by atoms with E-state index >= 15 is 0 Å². The molecule has 0 amide bonds. The van der Waals surface area contributed by atoms with Gasteiger partial charge in [0.2, 0.25) is 0 Å². The molecule has 0 fully saturated rings. The fourth-order valence-electron chi connectivity index (χ4n) is 2.36. The predicted octanol–water partition coefficient (Wildman–Crippen LogP) is 1.74. The van der Waals surface area contributed by atoms with E-state index in [1.807, 2.05) is 4.68 Å². The highest BCUT2D eigenvalue weighted by atomic mass is 15.3. The molecule has 0 saturated carbocycles. The molecule has 1 aromatic rings. The third kappa shape index (κ3) is 4.07. The fourth-order valence-corrected chi connectivity index (χ4v) is 2.36. The van der Waals surface area contributed by atoms with E-state index in [2.05, 4.69) is 43.2 Å². The van der Waals surface area contributed by atoms with Gasteiger partial charge in [-0.3, -0.25) is 11.3 Å². The first-order valence-corrected chi connectivity index (χ1v) is 6.95. The van der Waals surface area contributed by atoms with Crippen molar-refractivity contribution >= 4 is 0 Å². The Labute approximate surface area is 110 Å². The molecule has 18 heavy (non-hydrogen) atoms. The van der Waals surface area contributed by atoms with E-state index in [4.69, 9.17) is 5.84 Å². The lowest BCUT2D eigenvalue weighted by Gasteiger charge is -2.24. The van der Waals surface area contributed by atoms with Gasteiger partial charge in [-0.05, 0) is 11.8 Å². The van der Waals surface area contributed by atoms with Crippen molar-refractivity contribution in [2.75, 3.05) is 0 Å². The van der Waals surface area contributed by atoms with Gasteiger partial charge < -0.3 is 0 Å². The standard InChI is InChI=1S/C13H27N5/c1-5-11(6-2)12(17-14)7-13-15-9-16-18(13)8-10(3)4/h9-12,17H,5-8,14H2,1-4H3. The Bertz CT molecular complexity index is 330. The largest absolute Gasteiger partial charge is 0.271 e. The van der Waals surface area contributed by atoms with Crippen molar-refractivity contribution < 1.29 is 0 Å². The highest BCUT2D eigenvalue weighted by molar-refractivity contribution is 4.91. The lowest BCUT2D eigenvalue weighted by Crippen LogP contribution is -2.42. The second-order valence-corrected chi connectivity index (χ2v) is 5.31. The Balaban J connectivity index is 2.72. The minimum absolute atomic E-state index is 0.273. The van der Waals surface area contributed by atoms with Gasteiger partial charge in [-0.25, -0.2) is 9.67 Å². The average molecular weight is 253 g/mol. The Morgan fingerprint density at radius 2 is 2.00 bits per heavy atom. The molecule has 0 spiro atoms. The fraction of sp³-hybridized carbons (Fsp3) is 0.846. The summed E-state index contributed by atoms with van der Waals surface area (Å²) < 4.78 is 2.00. The van der Waals surface area contributed by atoms with Crippen molar-refractivity contribution in [1.29, 1.82) is 0 Å². The zero-order chi connectivity index (χ0) is 13.5. The van der Waals surface area contributed by atoms with Gasteiger partial charge in [0, 0.05) is 19.0 Å². The van der Waals surface area contributed by atoms with Gasteiger partial charge in [0.1, 0.15) is 12.2 Å². The Morgan fingerprint density at radius 1 is 1.33 bits per heavy atom. The molecule has 1 heterocycles. The Hall–Kier alpha value is -0.940. The van der Waals surface area contributed by atoms with Crippen LogP contribution in [0.5, 0.6) is 0 Å². The maximum Gasteiger partial charge on any atom is 0.138 e. The molecule has 0 aromatic carbocycles. The van der Waals surface area contributed by atoms with Crippen molar-refractivity contribution in [2.24, 2.45) is 17.7 Å². The third-order valence-corrected chi connectivity index (χ3v) is 3.47. The zero-order valence-corrected chi connectivity index (χ0v) is 12.1.